The average Bonchev–Trinajstić information content (AvgIpc) is 3.17. The third kappa shape index (κ3) is 2.76. The van der Waals surface area contributed by atoms with Gasteiger partial charge in [-0.3, -0.25) is 4.79 Å². The van der Waals surface area contributed by atoms with Crippen molar-refractivity contribution in [2.24, 2.45) is 5.10 Å². The zero-order chi connectivity index (χ0) is 16.5. The van der Waals surface area contributed by atoms with Gasteiger partial charge in [0.1, 0.15) is 0 Å². The van der Waals surface area contributed by atoms with Crippen molar-refractivity contribution >= 4 is 34.4 Å². The van der Waals surface area contributed by atoms with Crippen molar-refractivity contribution in [3.05, 3.63) is 56.9 Å². The molecule has 1 aromatic carbocycles. The van der Waals surface area contributed by atoms with E-state index in [-0.39, 0.29) is 5.91 Å². The second-order valence-corrected chi connectivity index (χ2v) is 7.16. The van der Waals surface area contributed by atoms with Gasteiger partial charge in [0, 0.05) is 27.0 Å². The zero-order valence-corrected chi connectivity index (χ0v) is 14.4. The number of hydrogen-bond acceptors (Lipinski definition) is 3. The monoisotopic (exact) mass is 337 g/mol. The number of nitrogens with zero attached hydrogens (tertiary/aromatic N) is 1. The van der Waals surface area contributed by atoms with Crippen LogP contribution in [0.1, 0.15) is 44.9 Å². The van der Waals surface area contributed by atoms with Gasteiger partial charge in [0.25, 0.3) is 5.91 Å². The fraction of sp³-hybridized carbons (Fsp3) is 0.263. The van der Waals surface area contributed by atoms with E-state index in [1.807, 2.05) is 36.6 Å². The molecule has 0 spiro atoms. The molecule has 2 aromatic heterocycles. The van der Waals surface area contributed by atoms with Gasteiger partial charge in [0.05, 0.1) is 6.21 Å². The molecule has 0 aliphatic heterocycles. The lowest BCUT2D eigenvalue weighted by Crippen LogP contribution is -2.17. The first-order valence-electron chi connectivity index (χ1n) is 8.23. The first-order chi connectivity index (χ1) is 11.7. The highest BCUT2D eigenvalue weighted by Gasteiger charge is 2.16. The molecule has 1 amide bonds. The van der Waals surface area contributed by atoms with Crippen LogP contribution >= 0.6 is 11.3 Å². The minimum Gasteiger partial charge on any atom is -0.358 e. The Balaban J connectivity index is 1.56. The van der Waals surface area contributed by atoms with E-state index in [9.17, 15) is 4.79 Å². The summed E-state index contributed by atoms with van der Waals surface area (Å²) in [4.78, 5) is 16.9. The molecule has 0 saturated carbocycles. The lowest BCUT2D eigenvalue weighted by Gasteiger charge is -2.10. The summed E-state index contributed by atoms with van der Waals surface area (Å²) < 4.78 is 0. The standard InChI is InChI=1S/C19H19N3OS/c1-12-8-9-24-18(12)11-20-22-19(23)13-6-7-17-15(10-13)14-4-2-3-5-16(14)21-17/h6-11,21H,2-5H2,1H3,(H,22,23)/b20-11-. The second-order valence-electron chi connectivity index (χ2n) is 6.22. The van der Waals surface area contributed by atoms with Crippen molar-refractivity contribution in [3.8, 4) is 0 Å². The Morgan fingerprint density at radius 1 is 1.29 bits per heavy atom. The third-order valence-corrected chi connectivity index (χ3v) is 5.56. The molecule has 3 aromatic rings. The van der Waals surface area contributed by atoms with Gasteiger partial charge in [0.15, 0.2) is 0 Å². The Morgan fingerprint density at radius 2 is 2.17 bits per heavy atom. The lowest BCUT2D eigenvalue weighted by molar-refractivity contribution is 0.0955. The van der Waals surface area contributed by atoms with Gasteiger partial charge in [-0.15, -0.1) is 11.3 Å². The van der Waals surface area contributed by atoms with Crippen LogP contribution in [0.3, 0.4) is 0 Å². The number of amides is 1. The molecule has 0 bridgehead atoms. The van der Waals surface area contributed by atoms with Gasteiger partial charge in [-0.05, 0) is 73.4 Å². The Kier molecular flexibility index (Phi) is 3.94. The highest BCUT2D eigenvalue weighted by molar-refractivity contribution is 7.11. The fourth-order valence-corrected chi connectivity index (χ4v) is 4.06. The van der Waals surface area contributed by atoms with Gasteiger partial charge in [-0.2, -0.15) is 5.10 Å². The van der Waals surface area contributed by atoms with Crippen LogP contribution in [0.2, 0.25) is 0 Å². The van der Waals surface area contributed by atoms with E-state index < -0.39 is 0 Å². The Bertz CT molecular complexity index is 935. The number of nitrogens with one attached hydrogen (secondary N) is 2. The predicted molar refractivity (Wildman–Crippen MR) is 99.1 cm³/mol. The van der Waals surface area contributed by atoms with E-state index in [4.69, 9.17) is 0 Å². The Hall–Kier alpha value is -2.40. The van der Waals surface area contributed by atoms with E-state index >= 15 is 0 Å². The van der Waals surface area contributed by atoms with Crippen molar-refractivity contribution in [1.29, 1.82) is 0 Å². The summed E-state index contributed by atoms with van der Waals surface area (Å²) >= 11 is 1.61. The number of hydrogen-bond donors (Lipinski definition) is 2. The van der Waals surface area contributed by atoms with Crippen LogP contribution in [0.4, 0.5) is 0 Å². The van der Waals surface area contributed by atoms with Crippen LogP contribution in [-0.4, -0.2) is 17.1 Å². The van der Waals surface area contributed by atoms with Crippen LogP contribution in [0.5, 0.6) is 0 Å². The van der Waals surface area contributed by atoms with Crippen LogP contribution in [0.25, 0.3) is 10.9 Å². The van der Waals surface area contributed by atoms with Crippen molar-refractivity contribution in [2.75, 3.05) is 0 Å². The summed E-state index contributed by atoms with van der Waals surface area (Å²) in [6, 6.07) is 7.87. The molecule has 0 atom stereocenters. The van der Waals surface area contributed by atoms with Gasteiger partial charge in [-0.25, -0.2) is 5.43 Å². The molecule has 1 aliphatic carbocycles. The molecular formula is C19H19N3OS. The number of fused-ring (bicyclic) bond motifs is 3. The van der Waals surface area contributed by atoms with Crippen LogP contribution in [0, 0.1) is 6.92 Å². The molecule has 2 N–H and O–H groups in total. The van der Waals surface area contributed by atoms with Gasteiger partial charge < -0.3 is 4.98 Å². The van der Waals surface area contributed by atoms with Gasteiger partial charge in [-0.1, -0.05) is 0 Å². The maximum Gasteiger partial charge on any atom is 0.271 e. The number of aryl methyl sites for hydroxylation is 3. The molecule has 0 radical (unpaired) electrons. The molecule has 24 heavy (non-hydrogen) atoms. The Labute approximate surface area is 144 Å². The molecule has 2 heterocycles. The largest absolute Gasteiger partial charge is 0.358 e. The molecule has 4 nitrogen and oxygen atoms in total. The van der Waals surface area contributed by atoms with E-state index in [0.717, 1.165) is 23.2 Å². The quantitative estimate of drug-likeness (QED) is 0.547. The summed E-state index contributed by atoms with van der Waals surface area (Å²) in [6.07, 6.45) is 6.37. The number of rotatable bonds is 3. The molecule has 0 fully saturated rings. The summed E-state index contributed by atoms with van der Waals surface area (Å²) in [5.41, 5.74) is 8.27. The number of carbonyl (C=O) groups is 1. The number of H-pyrrole nitrogens is 1. The molecule has 0 saturated heterocycles. The van der Waals surface area contributed by atoms with Crippen LogP contribution in [-0.2, 0) is 12.8 Å². The average molecular weight is 337 g/mol. The number of carbonyl (C=O) groups excluding carboxylic acids is 1. The number of aromatic amines is 1. The fourth-order valence-electron chi connectivity index (χ4n) is 3.28. The summed E-state index contributed by atoms with van der Waals surface area (Å²) in [5.74, 6) is -0.173. The number of hydrazone groups is 1. The van der Waals surface area contributed by atoms with E-state index in [0.29, 0.717) is 5.56 Å². The second kappa shape index (κ2) is 6.24. The maximum absolute atomic E-state index is 12.4. The van der Waals surface area contributed by atoms with Crippen LogP contribution < -0.4 is 5.43 Å². The van der Waals surface area contributed by atoms with E-state index in [1.54, 1.807) is 17.6 Å². The predicted octanol–water partition coefficient (Wildman–Crippen LogP) is 4.18. The number of benzene rings is 1. The zero-order valence-electron chi connectivity index (χ0n) is 13.6. The molecule has 5 heteroatoms. The minimum absolute atomic E-state index is 0.173. The van der Waals surface area contributed by atoms with Crippen molar-refractivity contribution in [2.45, 2.75) is 32.6 Å². The molecule has 4 rings (SSSR count). The lowest BCUT2D eigenvalue weighted by atomic mass is 9.95. The van der Waals surface area contributed by atoms with E-state index in [1.165, 1.54) is 35.0 Å². The molecular weight excluding hydrogens is 318 g/mol. The van der Waals surface area contributed by atoms with Crippen LogP contribution in [0.15, 0.2) is 34.7 Å². The first-order valence-corrected chi connectivity index (χ1v) is 9.11. The van der Waals surface area contributed by atoms with Crippen molar-refractivity contribution in [1.82, 2.24) is 10.4 Å². The maximum atomic E-state index is 12.4. The molecule has 0 unspecified atom stereocenters. The minimum atomic E-state index is -0.173. The Morgan fingerprint density at radius 3 is 3.00 bits per heavy atom. The van der Waals surface area contributed by atoms with E-state index in [2.05, 4.69) is 15.5 Å². The van der Waals surface area contributed by atoms with Gasteiger partial charge in [0.2, 0.25) is 0 Å². The SMILES string of the molecule is Cc1ccsc1/C=N\NC(=O)c1ccc2[nH]c3c(c2c1)CCCC3. The number of thiophene rings is 1. The summed E-state index contributed by atoms with van der Waals surface area (Å²) in [7, 11) is 0. The summed E-state index contributed by atoms with van der Waals surface area (Å²) in [5, 5.41) is 7.28. The highest BCUT2D eigenvalue weighted by atomic mass is 32.1. The highest BCUT2D eigenvalue weighted by Crippen LogP contribution is 2.29. The first kappa shape index (κ1) is 15.1. The molecule has 122 valence electrons. The topological polar surface area (TPSA) is 57.2 Å². The van der Waals surface area contributed by atoms with Gasteiger partial charge >= 0.3 is 0 Å². The number of aromatic nitrogens is 1. The molecule has 1 aliphatic rings. The smallest absolute Gasteiger partial charge is 0.271 e. The van der Waals surface area contributed by atoms with Crippen molar-refractivity contribution in [3.63, 3.8) is 0 Å². The third-order valence-electron chi connectivity index (χ3n) is 4.61. The summed E-state index contributed by atoms with van der Waals surface area (Å²) in [6.45, 7) is 2.03. The normalized spacial score (nSPS) is 14.2. The van der Waals surface area contributed by atoms with Crippen molar-refractivity contribution < 1.29 is 4.79 Å².